The van der Waals surface area contributed by atoms with E-state index in [1.54, 1.807) is 0 Å². The summed E-state index contributed by atoms with van der Waals surface area (Å²) in [5.41, 5.74) is 2.56. The third-order valence-electron chi connectivity index (χ3n) is 3.67. The molecule has 1 aromatic rings. The summed E-state index contributed by atoms with van der Waals surface area (Å²) in [5, 5.41) is 3.02. The fourth-order valence-electron chi connectivity index (χ4n) is 2.60. The van der Waals surface area contributed by atoms with E-state index in [0.717, 1.165) is 18.4 Å². The smallest absolute Gasteiger partial charge is 0.267 e. The predicted molar refractivity (Wildman–Crippen MR) is 54.6 cm³/mol. The fraction of sp³-hybridized carbons (Fsp3) is 0.727. The molecule has 0 unspecified atom stereocenters. The van der Waals surface area contributed by atoms with Crippen molar-refractivity contribution < 1.29 is 0 Å². The second-order valence-corrected chi connectivity index (χ2v) is 4.53. The van der Waals surface area contributed by atoms with Crippen LogP contribution in [0, 0.1) is 0 Å². The van der Waals surface area contributed by atoms with Gasteiger partial charge < -0.3 is 0 Å². The first-order valence-electron chi connectivity index (χ1n) is 5.68. The highest BCUT2D eigenvalue weighted by Gasteiger charge is 2.26. The Labute approximate surface area is 83.1 Å². The minimum atomic E-state index is 0.173. The lowest BCUT2D eigenvalue weighted by atomic mass is 9.91. The third kappa shape index (κ3) is 1.08. The highest BCUT2D eigenvalue weighted by molar-refractivity contribution is 5.21. The molecule has 0 atom stereocenters. The number of rotatable bonds is 1. The van der Waals surface area contributed by atoms with Gasteiger partial charge >= 0.3 is 0 Å². The summed E-state index contributed by atoms with van der Waals surface area (Å²) in [7, 11) is 0. The van der Waals surface area contributed by atoms with Gasteiger partial charge in [0.25, 0.3) is 5.56 Å². The molecule has 0 aliphatic heterocycles. The zero-order chi connectivity index (χ0) is 9.54. The average Bonchev–Trinajstić information content (AvgIpc) is 2.43. The zero-order valence-corrected chi connectivity index (χ0v) is 8.38. The van der Waals surface area contributed by atoms with Crippen molar-refractivity contribution in [2.75, 3.05) is 0 Å². The van der Waals surface area contributed by atoms with Crippen LogP contribution in [0.4, 0.5) is 0 Å². The van der Waals surface area contributed by atoms with Crippen LogP contribution in [0.25, 0.3) is 0 Å². The first kappa shape index (κ1) is 8.33. The molecule has 2 aliphatic rings. The van der Waals surface area contributed by atoms with Gasteiger partial charge in [-0.05, 0) is 44.9 Å². The van der Waals surface area contributed by atoms with Gasteiger partial charge in [0.2, 0.25) is 0 Å². The molecule has 3 nitrogen and oxygen atoms in total. The lowest BCUT2D eigenvalue weighted by Gasteiger charge is -2.29. The Balaban J connectivity index is 2.06. The normalized spacial score (nSPS) is 21.7. The van der Waals surface area contributed by atoms with E-state index in [-0.39, 0.29) is 5.56 Å². The lowest BCUT2D eigenvalue weighted by molar-refractivity contribution is 0.279. The van der Waals surface area contributed by atoms with E-state index in [4.69, 9.17) is 0 Å². The van der Waals surface area contributed by atoms with Gasteiger partial charge in [-0.3, -0.25) is 14.6 Å². The molecule has 0 spiro atoms. The van der Waals surface area contributed by atoms with Crippen molar-refractivity contribution >= 4 is 0 Å². The Morgan fingerprint density at radius 3 is 2.64 bits per heavy atom. The maximum Gasteiger partial charge on any atom is 0.267 e. The highest BCUT2D eigenvalue weighted by Crippen LogP contribution is 2.33. The van der Waals surface area contributed by atoms with E-state index in [1.807, 2.05) is 0 Å². The summed E-state index contributed by atoms with van der Waals surface area (Å²) in [6, 6.07) is 0.601. The molecule has 1 heterocycles. The van der Waals surface area contributed by atoms with Crippen LogP contribution in [0.5, 0.6) is 0 Å². The summed E-state index contributed by atoms with van der Waals surface area (Å²) in [6.07, 6.45) is 8.34. The maximum atomic E-state index is 11.7. The van der Waals surface area contributed by atoms with Crippen LogP contribution in [0.1, 0.15) is 49.4 Å². The second-order valence-electron chi connectivity index (χ2n) is 4.53. The number of hydrogen-bond donors (Lipinski definition) is 1. The monoisotopic (exact) mass is 192 g/mol. The standard InChI is InChI=1S/C11H16N2O/c14-11-9-6-1-2-7-10(9)13(12-11)8-4-3-5-8/h8H,1-7H2,(H,12,14). The van der Waals surface area contributed by atoms with Crippen LogP contribution in [-0.4, -0.2) is 9.78 Å². The van der Waals surface area contributed by atoms with E-state index in [0.29, 0.717) is 6.04 Å². The van der Waals surface area contributed by atoms with Crippen LogP contribution in [0.3, 0.4) is 0 Å². The molecule has 1 N–H and O–H groups in total. The summed E-state index contributed by atoms with van der Waals surface area (Å²) < 4.78 is 2.17. The summed E-state index contributed by atoms with van der Waals surface area (Å²) >= 11 is 0. The first-order valence-corrected chi connectivity index (χ1v) is 5.68. The van der Waals surface area contributed by atoms with Crippen LogP contribution in [0.15, 0.2) is 4.79 Å². The van der Waals surface area contributed by atoms with Gasteiger partial charge in [0, 0.05) is 11.3 Å². The molecule has 0 aromatic carbocycles. The van der Waals surface area contributed by atoms with Crippen molar-refractivity contribution in [1.29, 1.82) is 0 Å². The van der Waals surface area contributed by atoms with Crippen molar-refractivity contribution in [2.45, 2.75) is 51.0 Å². The Bertz CT molecular complexity index is 398. The van der Waals surface area contributed by atoms with Gasteiger partial charge in [-0.1, -0.05) is 0 Å². The molecule has 0 radical (unpaired) electrons. The van der Waals surface area contributed by atoms with Crippen molar-refractivity contribution in [3.63, 3.8) is 0 Å². The molecule has 76 valence electrons. The maximum absolute atomic E-state index is 11.7. The molecule has 2 aliphatic carbocycles. The van der Waals surface area contributed by atoms with E-state index in [9.17, 15) is 4.79 Å². The SMILES string of the molecule is O=c1[nH]n(C2CCC2)c2c1CCCC2. The van der Waals surface area contributed by atoms with Crippen molar-refractivity contribution in [1.82, 2.24) is 9.78 Å². The van der Waals surface area contributed by atoms with Crippen molar-refractivity contribution in [3.8, 4) is 0 Å². The molecular weight excluding hydrogens is 176 g/mol. The van der Waals surface area contributed by atoms with Crippen LogP contribution in [-0.2, 0) is 12.8 Å². The Hall–Kier alpha value is -0.990. The molecule has 3 heteroatoms. The number of aromatic nitrogens is 2. The van der Waals surface area contributed by atoms with Gasteiger partial charge in [-0.2, -0.15) is 0 Å². The largest absolute Gasteiger partial charge is 0.286 e. The number of fused-ring (bicyclic) bond motifs is 1. The number of nitrogens with zero attached hydrogens (tertiary/aromatic N) is 1. The van der Waals surface area contributed by atoms with Crippen molar-refractivity contribution in [2.24, 2.45) is 0 Å². The van der Waals surface area contributed by atoms with Crippen LogP contribution >= 0.6 is 0 Å². The molecule has 0 saturated heterocycles. The Kier molecular flexibility index (Phi) is 1.79. The van der Waals surface area contributed by atoms with Gasteiger partial charge in [0.1, 0.15) is 0 Å². The highest BCUT2D eigenvalue weighted by atomic mass is 16.1. The number of aromatic amines is 1. The molecule has 1 saturated carbocycles. The Morgan fingerprint density at radius 1 is 1.14 bits per heavy atom. The summed E-state index contributed by atoms with van der Waals surface area (Å²) in [4.78, 5) is 11.7. The molecule has 14 heavy (non-hydrogen) atoms. The van der Waals surface area contributed by atoms with Crippen LogP contribution in [0.2, 0.25) is 0 Å². The quantitative estimate of drug-likeness (QED) is 0.723. The number of H-pyrrole nitrogens is 1. The van der Waals surface area contributed by atoms with Gasteiger partial charge in [-0.15, -0.1) is 0 Å². The summed E-state index contributed by atoms with van der Waals surface area (Å²) in [5.74, 6) is 0. The molecular formula is C11H16N2O. The van der Waals surface area contributed by atoms with E-state index >= 15 is 0 Å². The van der Waals surface area contributed by atoms with E-state index in [1.165, 1.54) is 37.8 Å². The van der Waals surface area contributed by atoms with E-state index < -0.39 is 0 Å². The summed E-state index contributed by atoms with van der Waals surface area (Å²) in [6.45, 7) is 0. The Morgan fingerprint density at radius 2 is 1.93 bits per heavy atom. The van der Waals surface area contributed by atoms with Crippen molar-refractivity contribution in [3.05, 3.63) is 21.6 Å². The van der Waals surface area contributed by atoms with Gasteiger partial charge in [0.15, 0.2) is 0 Å². The predicted octanol–water partition coefficient (Wildman–Crippen LogP) is 1.78. The molecule has 3 rings (SSSR count). The minimum absolute atomic E-state index is 0.173. The molecule has 0 amide bonds. The van der Waals surface area contributed by atoms with E-state index in [2.05, 4.69) is 9.78 Å². The van der Waals surface area contributed by atoms with Gasteiger partial charge in [-0.25, -0.2) is 0 Å². The second kappa shape index (κ2) is 3.01. The van der Waals surface area contributed by atoms with Crippen LogP contribution < -0.4 is 5.56 Å². The molecule has 1 aromatic heterocycles. The average molecular weight is 192 g/mol. The zero-order valence-electron chi connectivity index (χ0n) is 8.38. The molecule has 1 fully saturated rings. The van der Waals surface area contributed by atoms with Gasteiger partial charge in [0.05, 0.1) is 6.04 Å². The lowest BCUT2D eigenvalue weighted by Crippen LogP contribution is -2.21. The minimum Gasteiger partial charge on any atom is -0.286 e. The number of nitrogens with one attached hydrogen (secondary N) is 1. The topological polar surface area (TPSA) is 37.8 Å². The first-order chi connectivity index (χ1) is 6.86. The molecule has 0 bridgehead atoms. The number of hydrogen-bond acceptors (Lipinski definition) is 1. The fourth-order valence-corrected chi connectivity index (χ4v) is 2.60. The third-order valence-corrected chi connectivity index (χ3v) is 3.67.